The van der Waals surface area contributed by atoms with E-state index in [1.807, 2.05) is 20.8 Å². The topological polar surface area (TPSA) is 66.2 Å². The summed E-state index contributed by atoms with van der Waals surface area (Å²) >= 11 is 0. The second kappa shape index (κ2) is 5.29. The number of rotatable bonds is 5. The first-order chi connectivity index (χ1) is 7.83. The Hall–Kier alpha value is -0.710. The Kier molecular flexibility index (Phi) is 4.47. The zero-order chi connectivity index (χ0) is 13.1. The van der Waals surface area contributed by atoms with Crippen molar-refractivity contribution in [3.8, 4) is 0 Å². The summed E-state index contributed by atoms with van der Waals surface area (Å²) < 4.78 is 24.4. The first-order valence-corrected chi connectivity index (χ1v) is 7.20. The van der Waals surface area contributed by atoms with Crippen molar-refractivity contribution in [2.45, 2.75) is 40.2 Å². The van der Waals surface area contributed by atoms with Gasteiger partial charge in [0.15, 0.2) is 5.44 Å². The molecule has 1 rings (SSSR count). The Balaban J connectivity index is 3.04. The first-order valence-electron chi connectivity index (χ1n) is 5.66. The van der Waals surface area contributed by atoms with E-state index in [4.69, 9.17) is 9.05 Å². The van der Waals surface area contributed by atoms with Gasteiger partial charge in [-0.05, 0) is 34.6 Å². The zero-order valence-corrected chi connectivity index (χ0v) is 11.9. The molecule has 7 heteroatoms. The minimum Gasteiger partial charge on any atom is -0.304 e. The Morgan fingerprint density at radius 3 is 2.18 bits per heavy atom. The van der Waals surface area contributed by atoms with Gasteiger partial charge in [-0.3, -0.25) is 4.57 Å². The average Bonchev–Trinajstić information content (AvgIpc) is 2.66. The van der Waals surface area contributed by atoms with Gasteiger partial charge in [-0.2, -0.15) is 0 Å². The highest BCUT2D eigenvalue weighted by molar-refractivity contribution is 7.61. The molecule has 0 spiro atoms. The predicted octanol–water partition coefficient (Wildman–Crippen LogP) is 1.92. The van der Waals surface area contributed by atoms with Crippen LogP contribution in [-0.4, -0.2) is 28.2 Å². The molecular formula is C10H20N3O3P. The fourth-order valence-corrected chi connectivity index (χ4v) is 2.64. The molecule has 0 aliphatic heterocycles. The lowest BCUT2D eigenvalue weighted by Gasteiger charge is -2.18. The molecule has 0 fully saturated rings. The van der Waals surface area contributed by atoms with Crippen LogP contribution in [0.2, 0.25) is 0 Å². The van der Waals surface area contributed by atoms with E-state index in [-0.39, 0.29) is 11.0 Å². The average molecular weight is 261 g/mol. The van der Waals surface area contributed by atoms with Crippen LogP contribution in [0.25, 0.3) is 0 Å². The van der Waals surface area contributed by atoms with Crippen LogP contribution in [0.4, 0.5) is 0 Å². The van der Waals surface area contributed by atoms with Crippen molar-refractivity contribution in [2.75, 3.05) is 13.2 Å². The van der Waals surface area contributed by atoms with Gasteiger partial charge in [0.2, 0.25) is 0 Å². The zero-order valence-electron chi connectivity index (χ0n) is 11.0. The molecular weight excluding hydrogens is 241 g/mol. The van der Waals surface area contributed by atoms with Crippen LogP contribution in [0.3, 0.4) is 0 Å². The van der Waals surface area contributed by atoms with Crippen molar-refractivity contribution in [3.63, 3.8) is 0 Å². The van der Waals surface area contributed by atoms with Crippen LogP contribution < -0.4 is 5.44 Å². The van der Waals surface area contributed by atoms with Crippen molar-refractivity contribution >= 4 is 13.0 Å². The minimum absolute atomic E-state index is 0.214. The fourth-order valence-electron chi connectivity index (χ4n) is 1.22. The third kappa shape index (κ3) is 3.37. The number of aromatic nitrogens is 3. The second-order valence-corrected chi connectivity index (χ2v) is 6.49. The summed E-state index contributed by atoms with van der Waals surface area (Å²) in [6.07, 6.45) is 1.62. The molecule has 1 aromatic rings. The Labute approximate surface area is 102 Å². The fraction of sp³-hybridized carbons (Fsp3) is 0.800. The van der Waals surface area contributed by atoms with Crippen molar-refractivity contribution in [1.82, 2.24) is 15.0 Å². The summed E-state index contributed by atoms with van der Waals surface area (Å²) in [7, 11) is -3.31. The highest BCUT2D eigenvalue weighted by Gasteiger charge is 2.31. The van der Waals surface area contributed by atoms with Crippen LogP contribution in [0.5, 0.6) is 0 Å². The molecule has 98 valence electrons. The molecule has 1 heterocycles. The van der Waals surface area contributed by atoms with E-state index < -0.39 is 7.60 Å². The Bertz CT molecular complexity index is 401. The predicted molar refractivity (Wildman–Crippen MR) is 65.5 cm³/mol. The van der Waals surface area contributed by atoms with Gasteiger partial charge < -0.3 is 9.05 Å². The first kappa shape index (κ1) is 14.4. The number of hydrogen-bond donors (Lipinski definition) is 0. The molecule has 0 radical (unpaired) electrons. The van der Waals surface area contributed by atoms with Gasteiger partial charge in [0.25, 0.3) is 0 Å². The van der Waals surface area contributed by atoms with E-state index in [1.165, 1.54) is 0 Å². The van der Waals surface area contributed by atoms with E-state index in [2.05, 4.69) is 10.3 Å². The number of nitrogens with zero attached hydrogens (tertiary/aromatic N) is 3. The summed E-state index contributed by atoms with van der Waals surface area (Å²) in [5.74, 6) is 0. The summed E-state index contributed by atoms with van der Waals surface area (Å²) in [6.45, 7) is 10.1. The minimum atomic E-state index is -3.31. The molecule has 0 atom stereocenters. The third-order valence-electron chi connectivity index (χ3n) is 2.05. The summed E-state index contributed by atoms with van der Waals surface area (Å²) in [6, 6.07) is 0. The Morgan fingerprint density at radius 1 is 1.29 bits per heavy atom. The largest absolute Gasteiger partial charge is 0.383 e. The van der Waals surface area contributed by atoms with Gasteiger partial charge in [-0.15, -0.1) is 5.10 Å². The van der Waals surface area contributed by atoms with E-state index in [9.17, 15) is 4.57 Å². The molecule has 0 saturated heterocycles. The molecule has 0 N–H and O–H groups in total. The van der Waals surface area contributed by atoms with Gasteiger partial charge in [0.05, 0.1) is 24.9 Å². The summed E-state index contributed by atoms with van der Waals surface area (Å²) in [5, 5.41) is 7.84. The second-order valence-electron chi connectivity index (χ2n) is 4.53. The normalized spacial score (nSPS) is 13.0. The molecule has 0 aliphatic rings. The molecule has 0 saturated carbocycles. The van der Waals surface area contributed by atoms with Crippen molar-refractivity contribution in [1.29, 1.82) is 0 Å². The van der Waals surface area contributed by atoms with Crippen molar-refractivity contribution < 1.29 is 13.6 Å². The van der Waals surface area contributed by atoms with Gasteiger partial charge in [0.1, 0.15) is 0 Å². The monoisotopic (exact) mass is 261 g/mol. The van der Waals surface area contributed by atoms with Gasteiger partial charge in [0, 0.05) is 0 Å². The molecule has 0 aliphatic carbocycles. The summed E-state index contributed by atoms with van der Waals surface area (Å²) in [4.78, 5) is 0. The highest BCUT2D eigenvalue weighted by Crippen LogP contribution is 2.46. The standard InChI is InChI=1S/C10H20N3O3P/c1-6-15-17(14,16-7-2)9-8-13(12-11-9)10(3,4)5/h8H,6-7H2,1-5H3. The van der Waals surface area contributed by atoms with E-state index in [0.29, 0.717) is 13.2 Å². The molecule has 6 nitrogen and oxygen atoms in total. The molecule has 0 unspecified atom stereocenters. The molecule has 0 bridgehead atoms. The third-order valence-corrected chi connectivity index (χ3v) is 4.01. The smallest absolute Gasteiger partial charge is 0.304 e. The van der Waals surface area contributed by atoms with Crippen LogP contribution >= 0.6 is 7.60 Å². The van der Waals surface area contributed by atoms with E-state index in [0.717, 1.165) is 0 Å². The maximum absolute atomic E-state index is 12.4. The maximum Gasteiger partial charge on any atom is 0.383 e. The quantitative estimate of drug-likeness (QED) is 0.757. The SMILES string of the molecule is CCOP(=O)(OCC)c1cn(C(C)(C)C)nn1. The van der Waals surface area contributed by atoms with E-state index in [1.54, 1.807) is 24.7 Å². The Morgan fingerprint density at radius 2 is 1.82 bits per heavy atom. The molecule has 1 aromatic heterocycles. The van der Waals surface area contributed by atoms with Crippen LogP contribution in [0.15, 0.2) is 6.20 Å². The van der Waals surface area contributed by atoms with Crippen LogP contribution in [-0.2, 0) is 19.2 Å². The van der Waals surface area contributed by atoms with Crippen LogP contribution in [0, 0.1) is 0 Å². The molecule has 0 amide bonds. The van der Waals surface area contributed by atoms with Gasteiger partial charge in [-0.25, -0.2) is 4.68 Å². The van der Waals surface area contributed by atoms with E-state index >= 15 is 0 Å². The lowest BCUT2D eigenvalue weighted by Crippen LogP contribution is -2.22. The maximum atomic E-state index is 12.4. The van der Waals surface area contributed by atoms with Crippen molar-refractivity contribution in [2.24, 2.45) is 0 Å². The highest BCUT2D eigenvalue weighted by atomic mass is 31.2. The van der Waals surface area contributed by atoms with Gasteiger partial charge >= 0.3 is 7.60 Å². The summed E-state index contributed by atoms with van der Waals surface area (Å²) in [5.41, 5.74) is 0.0465. The molecule has 0 aromatic carbocycles. The number of hydrogen-bond acceptors (Lipinski definition) is 5. The van der Waals surface area contributed by atoms with Crippen LogP contribution in [0.1, 0.15) is 34.6 Å². The lowest BCUT2D eigenvalue weighted by molar-refractivity contribution is 0.229. The van der Waals surface area contributed by atoms with Crippen molar-refractivity contribution in [3.05, 3.63) is 6.20 Å². The lowest BCUT2D eigenvalue weighted by atomic mass is 10.1. The van der Waals surface area contributed by atoms with Gasteiger partial charge in [-0.1, -0.05) is 5.21 Å². The molecule has 17 heavy (non-hydrogen) atoms.